The number of aromatic nitrogens is 1. The first-order valence-corrected chi connectivity index (χ1v) is 9.64. The number of amides is 2. The van der Waals surface area contributed by atoms with Crippen molar-refractivity contribution in [3.8, 4) is 17.0 Å². The van der Waals surface area contributed by atoms with Gasteiger partial charge < -0.3 is 14.0 Å². The minimum Gasteiger partial charge on any atom is -0.497 e. The van der Waals surface area contributed by atoms with Crippen molar-refractivity contribution in [1.82, 2.24) is 10.5 Å². The van der Waals surface area contributed by atoms with Gasteiger partial charge in [-0.25, -0.2) is 4.79 Å². The fourth-order valence-corrected chi connectivity index (χ4v) is 2.59. The number of benzene rings is 1. The third kappa shape index (κ3) is 5.59. The Morgan fingerprint density at radius 2 is 1.86 bits per heavy atom. The van der Waals surface area contributed by atoms with E-state index in [0.717, 1.165) is 11.8 Å². The fraction of sp³-hybridized carbons (Fsp3) is 0.368. The maximum absolute atomic E-state index is 12.8. The molecule has 0 fully saturated rings. The van der Waals surface area contributed by atoms with Gasteiger partial charge in [-0.3, -0.25) is 10.1 Å². The lowest BCUT2D eigenvalue weighted by molar-refractivity contribution is 0.0564. The van der Waals surface area contributed by atoms with E-state index in [1.807, 2.05) is 0 Å². The Balaban J connectivity index is 2.28. The van der Waals surface area contributed by atoms with Crippen molar-refractivity contribution in [3.05, 3.63) is 35.6 Å². The number of carbonyl (C=O) groups excluding carboxylic acids is 2. The minimum atomic E-state index is -0.689. The molecule has 1 aromatic heterocycles. The number of aliphatic imine (C=N–C) groups is 1. The van der Waals surface area contributed by atoms with Crippen molar-refractivity contribution in [2.45, 2.75) is 33.3 Å². The highest BCUT2D eigenvalue weighted by Gasteiger charge is 2.23. The number of hydrogen-bond acceptors (Lipinski definition) is 7. The van der Waals surface area contributed by atoms with E-state index in [4.69, 9.17) is 14.0 Å². The van der Waals surface area contributed by atoms with Crippen molar-refractivity contribution in [1.29, 1.82) is 0 Å². The Hall–Kier alpha value is -2.81. The molecule has 2 amide bonds. The van der Waals surface area contributed by atoms with Gasteiger partial charge in [0.2, 0.25) is 0 Å². The van der Waals surface area contributed by atoms with Gasteiger partial charge in [0.1, 0.15) is 28.4 Å². The predicted molar refractivity (Wildman–Crippen MR) is 108 cm³/mol. The SMILES string of the molecule is COc1ccc(-c2noc(C)c2C(=O)/N=C(/NC(=O)OC(C)(C)C)SC)cc1. The standard InChI is InChI=1S/C19H23N3O5S/c1-11-14(15(22-27-11)12-7-9-13(25-5)10-8-12)16(23)20-17(28-6)21-18(24)26-19(2,3)4/h7-10H,1-6H3,(H,20,21,23,24). The molecule has 8 nitrogen and oxygen atoms in total. The van der Waals surface area contributed by atoms with E-state index in [1.54, 1.807) is 65.3 Å². The summed E-state index contributed by atoms with van der Waals surface area (Å²) in [4.78, 5) is 28.7. The second-order valence-electron chi connectivity index (χ2n) is 6.74. The van der Waals surface area contributed by atoms with Crippen LogP contribution in [0.2, 0.25) is 0 Å². The molecule has 0 aliphatic rings. The van der Waals surface area contributed by atoms with Gasteiger partial charge in [0.05, 0.1) is 7.11 Å². The van der Waals surface area contributed by atoms with Crippen LogP contribution in [0.5, 0.6) is 5.75 Å². The second kappa shape index (κ2) is 8.92. The number of alkyl carbamates (subject to hydrolysis) is 1. The van der Waals surface area contributed by atoms with E-state index >= 15 is 0 Å². The monoisotopic (exact) mass is 405 g/mol. The van der Waals surface area contributed by atoms with Crippen LogP contribution in [0.3, 0.4) is 0 Å². The molecule has 2 rings (SSSR count). The molecular weight excluding hydrogens is 382 g/mol. The predicted octanol–water partition coefficient (Wildman–Crippen LogP) is 4.04. The number of carbonyl (C=O) groups is 2. The molecule has 1 aromatic carbocycles. The van der Waals surface area contributed by atoms with Crippen LogP contribution in [0.15, 0.2) is 33.8 Å². The first-order chi connectivity index (χ1) is 13.1. The minimum absolute atomic E-state index is 0.112. The quantitative estimate of drug-likeness (QED) is 0.607. The molecule has 0 atom stereocenters. The van der Waals surface area contributed by atoms with E-state index in [2.05, 4.69) is 15.5 Å². The highest BCUT2D eigenvalue weighted by atomic mass is 32.2. The van der Waals surface area contributed by atoms with Crippen LogP contribution in [-0.4, -0.2) is 41.3 Å². The number of nitrogens with zero attached hydrogens (tertiary/aromatic N) is 2. The number of hydrogen-bond donors (Lipinski definition) is 1. The van der Waals surface area contributed by atoms with Crippen molar-refractivity contribution in [3.63, 3.8) is 0 Å². The van der Waals surface area contributed by atoms with Crippen LogP contribution < -0.4 is 10.1 Å². The Bertz CT molecular complexity index is 882. The molecule has 0 unspecified atom stereocenters. The summed E-state index contributed by atoms with van der Waals surface area (Å²) in [5.74, 6) is 0.434. The Morgan fingerprint density at radius 1 is 1.21 bits per heavy atom. The zero-order chi connectivity index (χ0) is 20.9. The zero-order valence-electron chi connectivity index (χ0n) is 16.7. The number of ether oxygens (including phenoxy) is 2. The van der Waals surface area contributed by atoms with Crippen LogP contribution in [0.4, 0.5) is 4.79 Å². The highest BCUT2D eigenvalue weighted by molar-refractivity contribution is 8.13. The largest absolute Gasteiger partial charge is 0.497 e. The van der Waals surface area contributed by atoms with Crippen LogP contribution in [-0.2, 0) is 4.74 Å². The third-order valence-electron chi connectivity index (χ3n) is 3.44. The molecule has 0 bridgehead atoms. The lowest BCUT2D eigenvalue weighted by Gasteiger charge is -2.19. The van der Waals surface area contributed by atoms with E-state index < -0.39 is 17.6 Å². The topological polar surface area (TPSA) is 103 Å². The van der Waals surface area contributed by atoms with Gasteiger partial charge in [-0.05, 0) is 58.2 Å². The number of thioether (sulfide) groups is 1. The second-order valence-corrected chi connectivity index (χ2v) is 7.54. The van der Waals surface area contributed by atoms with Gasteiger partial charge in [-0.1, -0.05) is 16.9 Å². The molecule has 1 heterocycles. The van der Waals surface area contributed by atoms with Crippen LogP contribution >= 0.6 is 11.8 Å². The van der Waals surface area contributed by atoms with Gasteiger partial charge in [0, 0.05) is 5.56 Å². The van der Waals surface area contributed by atoms with Crippen LogP contribution in [0, 0.1) is 6.92 Å². The number of methoxy groups -OCH3 is 1. The zero-order valence-corrected chi connectivity index (χ0v) is 17.5. The van der Waals surface area contributed by atoms with Crippen molar-refractivity contribution >= 4 is 28.9 Å². The molecule has 0 saturated heterocycles. The molecule has 0 aliphatic carbocycles. The summed E-state index contributed by atoms with van der Waals surface area (Å²) < 4.78 is 15.5. The summed E-state index contributed by atoms with van der Waals surface area (Å²) in [7, 11) is 1.57. The average molecular weight is 405 g/mol. The molecular formula is C19H23N3O5S. The summed E-state index contributed by atoms with van der Waals surface area (Å²) in [5, 5.41) is 6.57. The number of rotatable bonds is 3. The van der Waals surface area contributed by atoms with Crippen molar-refractivity contribution in [2.75, 3.05) is 13.4 Å². The van der Waals surface area contributed by atoms with Crippen molar-refractivity contribution in [2.24, 2.45) is 4.99 Å². The summed E-state index contributed by atoms with van der Waals surface area (Å²) in [6.07, 6.45) is 1.000. The first kappa shape index (κ1) is 21.5. The van der Waals surface area contributed by atoms with Gasteiger partial charge in [0.15, 0.2) is 5.17 Å². The maximum atomic E-state index is 12.8. The van der Waals surface area contributed by atoms with Crippen LogP contribution in [0.25, 0.3) is 11.3 Å². The van der Waals surface area contributed by atoms with Crippen LogP contribution in [0.1, 0.15) is 36.9 Å². The Kier molecular flexibility index (Phi) is 6.85. The molecule has 0 radical (unpaired) electrons. The van der Waals surface area contributed by atoms with Gasteiger partial charge >= 0.3 is 6.09 Å². The maximum Gasteiger partial charge on any atom is 0.413 e. The summed E-state index contributed by atoms with van der Waals surface area (Å²) in [6, 6.07) is 7.05. The van der Waals surface area contributed by atoms with E-state index in [-0.39, 0.29) is 10.7 Å². The summed E-state index contributed by atoms with van der Waals surface area (Å²) in [5.41, 5.74) is 0.612. The molecule has 0 spiro atoms. The Morgan fingerprint density at radius 3 is 2.39 bits per heavy atom. The summed E-state index contributed by atoms with van der Waals surface area (Å²) in [6.45, 7) is 6.86. The lowest BCUT2D eigenvalue weighted by atomic mass is 10.1. The van der Waals surface area contributed by atoms with E-state index in [9.17, 15) is 9.59 Å². The van der Waals surface area contributed by atoms with Gasteiger partial charge in [0.25, 0.3) is 5.91 Å². The smallest absolute Gasteiger partial charge is 0.413 e. The number of aryl methyl sites for hydroxylation is 1. The van der Waals surface area contributed by atoms with Crippen molar-refractivity contribution < 1.29 is 23.6 Å². The third-order valence-corrected chi connectivity index (χ3v) is 4.02. The number of nitrogens with one attached hydrogen (secondary N) is 1. The highest BCUT2D eigenvalue weighted by Crippen LogP contribution is 2.27. The molecule has 0 aliphatic heterocycles. The molecule has 9 heteroatoms. The first-order valence-electron chi connectivity index (χ1n) is 8.42. The normalized spacial score (nSPS) is 11.9. The fourth-order valence-electron chi connectivity index (χ4n) is 2.23. The molecule has 150 valence electrons. The van der Waals surface area contributed by atoms with Gasteiger partial charge in [-0.2, -0.15) is 4.99 Å². The summed E-state index contributed by atoms with van der Waals surface area (Å²) >= 11 is 1.11. The average Bonchev–Trinajstić information content (AvgIpc) is 3.01. The number of amidine groups is 1. The molecule has 2 aromatic rings. The van der Waals surface area contributed by atoms with E-state index in [0.29, 0.717) is 22.8 Å². The molecule has 0 saturated carbocycles. The Labute approximate surface area is 167 Å². The van der Waals surface area contributed by atoms with Gasteiger partial charge in [-0.15, -0.1) is 0 Å². The molecule has 28 heavy (non-hydrogen) atoms. The lowest BCUT2D eigenvalue weighted by Crippen LogP contribution is -2.35. The molecule has 1 N–H and O–H groups in total. The van der Waals surface area contributed by atoms with E-state index in [1.165, 1.54) is 0 Å².